The van der Waals surface area contributed by atoms with Crippen LogP contribution in [0.3, 0.4) is 0 Å². The Morgan fingerprint density at radius 3 is 2.62 bits per heavy atom. The van der Waals surface area contributed by atoms with Crippen molar-refractivity contribution >= 4 is 12.0 Å². The number of carbonyl (C=O) groups excluding carboxylic acids is 1. The molecule has 114 valence electrons. The van der Waals surface area contributed by atoms with Crippen LogP contribution in [0.1, 0.15) is 12.0 Å². The standard InChI is InChI=1S/C15H20N2O4/c1-16(8-7-11-5-3-2-4-6-11)15(21)17-10-12(18)9-13(17)14(19)20/h2-6,12-13,18H,7-10H2,1H3,(H,19,20)/t12-,13-/m0/s1. The van der Waals surface area contributed by atoms with Crippen molar-refractivity contribution in [1.82, 2.24) is 9.80 Å². The molecule has 0 aliphatic carbocycles. The number of likely N-dealkylation sites (tertiary alicyclic amines) is 1. The number of hydrogen-bond donors (Lipinski definition) is 2. The van der Waals surface area contributed by atoms with Gasteiger partial charge in [-0.1, -0.05) is 30.3 Å². The number of aliphatic carboxylic acids is 1. The van der Waals surface area contributed by atoms with E-state index in [4.69, 9.17) is 5.11 Å². The highest BCUT2D eigenvalue weighted by atomic mass is 16.4. The van der Waals surface area contributed by atoms with Gasteiger partial charge in [0.05, 0.1) is 6.10 Å². The molecule has 0 saturated carbocycles. The Hall–Kier alpha value is -2.08. The van der Waals surface area contributed by atoms with Gasteiger partial charge in [0, 0.05) is 26.6 Å². The van der Waals surface area contributed by atoms with Gasteiger partial charge in [0.2, 0.25) is 0 Å². The molecule has 21 heavy (non-hydrogen) atoms. The fourth-order valence-corrected chi connectivity index (χ4v) is 2.52. The normalized spacial score (nSPS) is 21.3. The minimum atomic E-state index is -1.07. The number of nitrogens with zero attached hydrogens (tertiary/aromatic N) is 2. The average molecular weight is 292 g/mol. The Bertz CT molecular complexity index is 506. The van der Waals surface area contributed by atoms with Crippen molar-refractivity contribution in [1.29, 1.82) is 0 Å². The van der Waals surface area contributed by atoms with Gasteiger partial charge in [-0.2, -0.15) is 0 Å². The van der Waals surface area contributed by atoms with Gasteiger partial charge in [0.25, 0.3) is 0 Å². The summed E-state index contributed by atoms with van der Waals surface area (Å²) in [6.07, 6.45) is 0.0303. The van der Waals surface area contributed by atoms with Gasteiger partial charge in [-0.25, -0.2) is 9.59 Å². The van der Waals surface area contributed by atoms with Crippen molar-refractivity contribution in [3.63, 3.8) is 0 Å². The van der Waals surface area contributed by atoms with E-state index in [1.165, 1.54) is 9.80 Å². The molecule has 1 aromatic rings. The van der Waals surface area contributed by atoms with Crippen LogP contribution in [0, 0.1) is 0 Å². The lowest BCUT2D eigenvalue weighted by Gasteiger charge is -2.27. The van der Waals surface area contributed by atoms with E-state index in [-0.39, 0.29) is 19.0 Å². The highest BCUT2D eigenvalue weighted by molar-refractivity contribution is 5.83. The van der Waals surface area contributed by atoms with Crippen LogP contribution in [-0.4, -0.2) is 64.3 Å². The topological polar surface area (TPSA) is 81.1 Å². The van der Waals surface area contributed by atoms with Gasteiger partial charge in [0.15, 0.2) is 0 Å². The third kappa shape index (κ3) is 3.72. The second-order valence-electron chi connectivity index (χ2n) is 5.34. The van der Waals surface area contributed by atoms with Crippen LogP contribution in [0.15, 0.2) is 30.3 Å². The summed E-state index contributed by atoms with van der Waals surface area (Å²) in [5.41, 5.74) is 1.12. The van der Waals surface area contributed by atoms with Gasteiger partial charge in [-0.05, 0) is 12.0 Å². The van der Waals surface area contributed by atoms with Crippen LogP contribution in [-0.2, 0) is 11.2 Å². The van der Waals surface area contributed by atoms with Crippen LogP contribution in [0.4, 0.5) is 4.79 Å². The van der Waals surface area contributed by atoms with Crippen molar-refractivity contribution in [3.8, 4) is 0 Å². The third-order valence-electron chi connectivity index (χ3n) is 3.72. The maximum Gasteiger partial charge on any atom is 0.326 e. The number of β-amino-alcohol motifs (C(OH)–C–C–N with tert-alkyl or cyclic N) is 1. The van der Waals surface area contributed by atoms with Gasteiger partial charge < -0.3 is 20.0 Å². The Kier molecular flexibility index (Phi) is 4.80. The second-order valence-corrected chi connectivity index (χ2v) is 5.34. The van der Waals surface area contributed by atoms with Crippen LogP contribution < -0.4 is 0 Å². The first-order valence-corrected chi connectivity index (χ1v) is 6.95. The smallest absolute Gasteiger partial charge is 0.326 e. The monoisotopic (exact) mass is 292 g/mol. The van der Waals surface area contributed by atoms with E-state index in [0.717, 1.165) is 5.56 Å². The van der Waals surface area contributed by atoms with Crippen LogP contribution in [0.5, 0.6) is 0 Å². The number of carboxylic acids is 1. The molecular formula is C15H20N2O4. The maximum atomic E-state index is 12.3. The highest BCUT2D eigenvalue weighted by Gasteiger charge is 2.39. The van der Waals surface area contributed by atoms with Crippen LogP contribution >= 0.6 is 0 Å². The minimum absolute atomic E-state index is 0.0749. The average Bonchev–Trinajstić information content (AvgIpc) is 2.87. The van der Waals surface area contributed by atoms with Gasteiger partial charge >= 0.3 is 12.0 Å². The summed E-state index contributed by atoms with van der Waals surface area (Å²) in [7, 11) is 1.65. The van der Waals surface area contributed by atoms with Gasteiger partial charge in [-0.15, -0.1) is 0 Å². The molecule has 0 aromatic heterocycles. The number of aliphatic hydroxyl groups excluding tert-OH is 1. The summed E-state index contributed by atoms with van der Waals surface area (Å²) in [4.78, 5) is 26.2. The minimum Gasteiger partial charge on any atom is -0.480 e. The largest absolute Gasteiger partial charge is 0.480 e. The zero-order valence-electron chi connectivity index (χ0n) is 12.0. The number of carbonyl (C=O) groups is 2. The molecule has 0 radical (unpaired) electrons. The van der Waals surface area contributed by atoms with E-state index in [1.54, 1.807) is 7.05 Å². The number of carboxylic acid groups (broad SMARTS) is 1. The van der Waals surface area contributed by atoms with E-state index in [9.17, 15) is 14.7 Å². The molecular weight excluding hydrogens is 272 g/mol. The number of amides is 2. The Labute approximate surface area is 123 Å². The summed E-state index contributed by atoms with van der Waals surface area (Å²) in [5.74, 6) is -1.07. The molecule has 6 heteroatoms. The lowest BCUT2D eigenvalue weighted by atomic mass is 10.1. The summed E-state index contributed by atoms with van der Waals surface area (Å²) in [6, 6.07) is 8.49. The van der Waals surface area contributed by atoms with E-state index in [2.05, 4.69) is 0 Å². The molecule has 1 aliphatic rings. The molecule has 0 bridgehead atoms. The molecule has 2 atom stereocenters. The lowest BCUT2D eigenvalue weighted by Crippen LogP contribution is -2.47. The molecule has 2 amide bonds. The first-order chi connectivity index (χ1) is 9.99. The Morgan fingerprint density at radius 2 is 2.00 bits per heavy atom. The van der Waals surface area contributed by atoms with Crippen LogP contribution in [0.25, 0.3) is 0 Å². The van der Waals surface area contributed by atoms with E-state index in [0.29, 0.717) is 13.0 Å². The zero-order chi connectivity index (χ0) is 15.4. The number of hydrogen-bond acceptors (Lipinski definition) is 3. The maximum absolute atomic E-state index is 12.3. The molecule has 2 rings (SSSR count). The molecule has 1 heterocycles. The Balaban J connectivity index is 1.94. The summed E-state index contributed by atoms with van der Waals surface area (Å²) in [5, 5.41) is 18.7. The van der Waals surface area contributed by atoms with E-state index < -0.39 is 18.1 Å². The lowest BCUT2D eigenvalue weighted by molar-refractivity contribution is -0.141. The molecule has 0 unspecified atom stereocenters. The van der Waals surface area contributed by atoms with Crippen molar-refractivity contribution in [2.75, 3.05) is 20.1 Å². The molecule has 1 aliphatic heterocycles. The van der Waals surface area contributed by atoms with Crippen molar-refractivity contribution in [2.24, 2.45) is 0 Å². The first-order valence-electron chi connectivity index (χ1n) is 6.95. The summed E-state index contributed by atoms with van der Waals surface area (Å²) >= 11 is 0. The quantitative estimate of drug-likeness (QED) is 0.860. The predicted molar refractivity (Wildman–Crippen MR) is 76.9 cm³/mol. The SMILES string of the molecule is CN(CCc1ccccc1)C(=O)N1C[C@@H](O)C[C@H]1C(=O)O. The number of aliphatic hydroxyl groups is 1. The van der Waals surface area contributed by atoms with Gasteiger partial charge in [0.1, 0.15) is 6.04 Å². The second kappa shape index (κ2) is 6.58. The molecule has 1 aromatic carbocycles. The van der Waals surface area contributed by atoms with Gasteiger partial charge in [-0.3, -0.25) is 0 Å². The molecule has 6 nitrogen and oxygen atoms in total. The van der Waals surface area contributed by atoms with Crippen LogP contribution in [0.2, 0.25) is 0 Å². The fourth-order valence-electron chi connectivity index (χ4n) is 2.52. The Morgan fingerprint density at radius 1 is 1.33 bits per heavy atom. The predicted octanol–water partition coefficient (Wildman–Crippen LogP) is 0.801. The molecule has 0 spiro atoms. The van der Waals surface area contributed by atoms with Crippen molar-refractivity contribution < 1.29 is 19.8 Å². The summed E-state index contributed by atoms with van der Waals surface area (Å²) < 4.78 is 0. The van der Waals surface area contributed by atoms with Crippen molar-refractivity contribution in [2.45, 2.75) is 25.0 Å². The highest BCUT2D eigenvalue weighted by Crippen LogP contribution is 2.19. The van der Waals surface area contributed by atoms with Crippen molar-refractivity contribution in [3.05, 3.63) is 35.9 Å². The number of rotatable bonds is 4. The number of likely N-dealkylation sites (N-methyl/N-ethyl adjacent to an activating group) is 1. The molecule has 2 N–H and O–H groups in total. The molecule has 1 saturated heterocycles. The zero-order valence-corrected chi connectivity index (χ0v) is 12.0. The molecule has 1 fully saturated rings. The first kappa shape index (κ1) is 15.3. The van der Waals surface area contributed by atoms with E-state index in [1.807, 2.05) is 30.3 Å². The van der Waals surface area contributed by atoms with E-state index >= 15 is 0 Å². The number of benzene rings is 1. The number of urea groups is 1. The third-order valence-corrected chi connectivity index (χ3v) is 3.72. The fraction of sp³-hybridized carbons (Fsp3) is 0.467. The summed E-state index contributed by atoms with van der Waals surface area (Å²) in [6.45, 7) is 0.577.